The second-order valence-corrected chi connectivity index (χ2v) is 7.31. The summed E-state index contributed by atoms with van der Waals surface area (Å²) in [5.74, 6) is 0.917. The van der Waals surface area contributed by atoms with Gasteiger partial charge in [0, 0.05) is 6.42 Å². The van der Waals surface area contributed by atoms with Crippen molar-refractivity contribution in [1.82, 2.24) is 35.5 Å². The van der Waals surface area contributed by atoms with Gasteiger partial charge in [-0.2, -0.15) is 0 Å². The molecule has 5 aromatic rings. The van der Waals surface area contributed by atoms with Crippen molar-refractivity contribution < 1.29 is 9.26 Å². The van der Waals surface area contributed by atoms with Crippen molar-refractivity contribution in [2.24, 2.45) is 0 Å². The standard InChI is InChI=1S/C22H19N7O4/c1-2-32-16-11-14(7-8-15(16)19-24-20-18(21(30)25-19)26-29-27-20)13-5-3-4-12(10-13)6-9-17-23-22(31)33-28-17/h3-5,7-8,10-11H,2,6,9H2,1H3,(H,23,28,31)(H2,24,25,26,27,29,30). The molecule has 0 saturated heterocycles. The van der Waals surface area contributed by atoms with Crippen LogP contribution in [0.4, 0.5) is 0 Å². The van der Waals surface area contributed by atoms with Crippen LogP contribution in [0, 0.1) is 0 Å². The number of nitrogens with one attached hydrogen (secondary N) is 3. The van der Waals surface area contributed by atoms with Gasteiger partial charge in [0.1, 0.15) is 11.6 Å². The number of rotatable bonds is 7. The first-order valence-corrected chi connectivity index (χ1v) is 10.3. The Labute approximate surface area is 185 Å². The first-order chi connectivity index (χ1) is 16.1. The fraction of sp³-hybridized carbons (Fsp3) is 0.182. The summed E-state index contributed by atoms with van der Waals surface area (Å²) in [6, 6.07) is 13.8. The number of aromatic amines is 3. The van der Waals surface area contributed by atoms with Gasteiger partial charge in [-0.15, -0.1) is 5.10 Å². The van der Waals surface area contributed by atoms with Crippen molar-refractivity contribution in [3.63, 3.8) is 0 Å². The molecule has 3 N–H and O–H groups in total. The predicted octanol–water partition coefficient (Wildman–Crippen LogP) is 2.24. The fourth-order valence-corrected chi connectivity index (χ4v) is 3.60. The number of fused-ring (bicyclic) bond motifs is 1. The highest BCUT2D eigenvalue weighted by Gasteiger charge is 2.14. The van der Waals surface area contributed by atoms with Crippen LogP contribution in [0.25, 0.3) is 33.7 Å². The van der Waals surface area contributed by atoms with E-state index in [2.05, 4.69) is 46.1 Å². The third-order valence-electron chi connectivity index (χ3n) is 5.13. The average molecular weight is 445 g/mol. The van der Waals surface area contributed by atoms with E-state index in [1.807, 2.05) is 43.3 Å². The lowest BCUT2D eigenvalue weighted by atomic mass is 9.99. The van der Waals surface area contributed by atoms with E-state index in [1.165, 1.54) is 0 Å². The molecule has 2 aromatic carbocycles. The van der Waals surface area contributed by atoms with E-state index in [0.29, 0.717) is 48.1 Å². The number of nitrogens with zero attached hydrogens (tertiary/aromatic N) is 4. The fourth-order valence-electron chi connectivity index (χ4n) is 3.60. The lowest BCUT2D eigenvalue weighted by Gasteiger charge is -2.12. The second-order valence-electron chi connectivity index (χ2n) is 7.31. The number of H-pyrrole nitrogens is 3. The van der Waals surface area contributed by atoms with E-state index in [1.54, 1.807) is 0 Å². The molecule has 11 nitrogen and oxygen atoms in total. The molecule has 0 fully saturated rings. The zero-order valence-corrected chi connectivity index (χ0v) is 17.6. The normalized spacial score (nSPS) is 11.2. The molecule has 0 unspecified atom stereocenters. The van der Waals surface area contributed by atoms with Gasteiger partial charge in [0.05, 0.1) is 12.2 Å². The summed E-state index contributed by atoms with van der Waals surface area (Å²) >= 11 is 0. The minimum Gasteiger partial charge on any atom is -0.493 e. The largest absolute Gasteiger partial charge is 0.493 e. The van der Waals surface area contributed by atoms with Crippen molar-refractivity contribution in [2.75, 3.05) is 6.61 Å². The zero-order valence-electron chi connectivity index (χ0n) is 17.6. The number of aryl methyl sites for hydroxylation is 2. The third-order valence-corrected chi connectivity index (χ3v) is 5.13. The molecule has 0 radical (unpaired) electrons. The molecule has 5 rings (SSSR count). The Balaban J connectivity index is 1.47. The van der Waals surface area contributed by atoms with E-state index in [4.69, 9.17) is 4.74 Å². The molecular formula is C22H19N7O4. The van der Waals surface area contributed by atoms with Crippen LogP contribution in [0.3, 0.4) is 0 Å². The van der Waals surface area contributed by atoms with Gasteiger partial charge in [-0.25, -0.2) is 14.9 Å². The minimum absolute atomic E-state index is 0.153. The van der Waals surface area contributed by atoms with Crippen LogP contribution in [0.5, 0.6) is 5.75 Å². The Morgan fingerprint density at radius 2 is 1.91 bits per heavy atom. The lowest BCUT2D eigenvalue weighted by Crippen LogP contribution is -2.10. The van der Waals surface area contributed by atoms with Crippen LogP contribution >= 0.6 is 0 Å². The van der Waals surface area contributed by atoms with Gasteiger partial charge in [-0.05, 0) is 42.2 Å². The molecule has 0 saturated carbocycles. The molecule has 11 heteroatoms. The smallest absolute Gasteiger partial charge is 0.438 e. The Bertz CT molecular complexity index is 1550. The monoisotopic (exact) mass is 445 g/mol. The molecule has 0 atom stereocenters. The van der Waals surface area contributed by atoms with Gasteiger partial charge in [-0.1, -0.05) is 40.7 Å². The van der Waals surface area contributed by atoms with Crippen molar-refractivity contribution in [3.8, 4) is 28.3 Å². The maximum absolute atomic E-state index is 12.3. The van der Waals surface area contributed by atoms with Crippen LogP contribution in [0.1, 0.15) is 18.3 Å². The van der Waals surface area contributed by atoms with E-state index in [9.17, 15) is 9.59 Å². The summed E-state index contributed by atoms with van der Waals surface area (Å²) in [5, 5.41) is 13.7. The Morgan fingerprint density at radius 1 is 1.03 bits per heavy atom. The number of hydrogen-bond donors (Lipinski definition) is 3. The second kappa shape index (κ2) is 8.54. The van der Waals surface area contributed by atoms with Crippen LogP contribution < -0.4 is 16.1 Å². The number of benzene rings is 2. The summed E-state index contributed by atoms with van der Waals surface area (Å²) < 4.78 is 10.4. The molecule has 33 heavy (non-hydrogen) atoms. The Kier molecular flexibility index (Phi) is 5.27. The predicted molar refractivity (Wildman–Crippen MR) is 119 cm³/mol. The van der Waals surface area contributed by atoms with Gasteiger partial charge in [0.2, 0.25) is 0 Å². The van der Waals surface area contributed by atoms with Crippen molar-refractivity contribution in [1.29, 1.82) is 0 Å². The summed E-state index contributed by atoms with van der Waals surface area (Å²) in [4.78, 5) is 33.1. The van der Waals surface area contributed by atoms with E-state index < -0.39 is 5.76 Å². The van der Waals surface area contributed by atoms with Gasteiger partial charge in [0.25, 0.3) is 5.56 Å². The SMILES string of the molecule is CCOc1cc(-c2cccc(CCc3noc(=O)[nH]3)c2)ccc1-c1nc2[nH]nnc2c(=O)[nH]1. The Morgan fingerprint density at radius 3 is 2.73 bits per heavy atom. The zero-order chi connectivity index (χ0) is 22.8. The summed E-state index contributed by atoms with van der Waals surface area (Å²) in [6.07, 6.45) is 1.25. The molecule has 0 spiro atoms. The van der Waals surface area contributed by atoms with Crippen LogP contribution in [0.15, 0.2) is 56.6 Å². The number of hydrogen-bond acceptors (Lipinski definition) is 8. The van der Waals surface area contributed by atoms with Crippen molar-refractivity contribution in [3.05, 3.63) is 74.8 Å². The van der Waals surface area contributed by atoms with Crippen molar-refractivity contribution >= 4 is 11.2 Å². The van der Waals surface area contributed by atoms with Crippen LogP contribution in [-0.4, -0.2) is 42.1 Å². The average Bonchev–Trinajstić information content (AvgIpc) is 3.47. The Hall–Kier alpha value is -4.54. The van der Waals surface area contributed by atoms with E-state index in [-0.39, 0.29) is 11.1 Å². The molecule has 3 heterocycles. The van der Waals surface area contributed by atoms with Gasteiger partial charge in [0.15, 0.2) is 17.0 Å². The molecule has 0 aliphatic heterocycles. The third kappa shape index (κ3) is 4.15. The topological polar surface area (TPSA) is 155 Å². The van der Waals surface area contributed by atoms with Gasteiger partial charge < -0.3 is 9.72 Å². The summed E-state index contributed by atoms with van der Waals surface area (Å²) in [7, 11) is 0. The first-order valence-electron chi connectivity index (χ1n) is 10.3. The molecule has 0 aliphatic rings. The van der Waals surface area contributed by atoms with Crippen LogP contribution in [-0.2, 0) is 12.8 Å². The molecule has 3 aromatic heterocycles. The van der Waals surface area contributed by atoms with E-state index >= 15 is 0 Å². The highest BCUT2D eigenvalue weighted by atomic mass is 16.5. The summed E-state index contributed by atoms with van der Waals surface area (Å²) in [6.45, 7) is 2.34. The maximum Gasteiger partial charge on any atom is 0.438 e. The first kappa shape index (κ1) is 20.4. The van der Waals surface area contributed by atoms with Crippen LogP contribution in [0.2, 0.25) is 0 Å². The quantitative estimate of drug-likeness (QED) is 0.344. The molecule has 166 valence electrons. The van der Waals surface area contributed by atoms with E-state index in [0.717, 1.165) is 16.7 Å². The lowest BCUT2D eigenvalue weighted by molar-refractivity contribution is 0.341. The molecule has 0 amide bonds. The maximum atomic E-state index is 12.3. The number of aromatic nitrogens is 7. The summed E-state index contributed by atoms with van der Waals surface area (Å²) in [5.41, 5.74) is 3.77. The molecule has 0 aliphatic carbocycles. The van der Waals surface area contributed by atoms with Gasteiger partial charge >= 0.3 is 5.76 Å². The minimum atomic E-state index is -0.555. The van der Waals surface area contributed by atoms with Crippen molar-refractivity contribution in [2.45, 2.75) is 19.8 Å². The molecular weight excluding hydrogens is 426 g/mol. The molecule has 0 bridgehead atoms. The number of ether oxygens (including phenoxy) is 1. The highest BCUT2D eigenvalue weighted by Crippen LogP contribution is 2.33. The van der Waals surface area contributed by atoms with Gasteiger partial charge in [-0.3, -0.25) is 14.3 Å². The highest BCUT2D eigenvalue weighted by molar-refractivity contribution is 5.76.